The molecule has 1 heteroatoms. The fraction of sp³-hybridized carbons (Fsp3) is 0.0943. The highest BCUT2D eigenvalue weighted by molar-refractivity contribution is 5.89. The lowest BCUT2D eigenvalue weighted by molar-refractivity contribution is 0.660. The second-order valence-corrected chi connectivity index (χ2v) is 15.4. The van der Waals surface area contributed by atoms with Crippen molar-refractivity contribution < 1.29 is 0 Å². The summed E-state index contributed by atoms with van der Waals surface area (Å²) >= 11 is 0. The van der Waals surface area contributed by atoms with Crippen LogP contribution < -0.4 is 4.90 Å². The minimum atomic E-state index is -0.480. The van der Waals surface area contributed by atoms with Crippen LogP contribution in [-0.2, 0) is 10.8 Å². The first-order chi connectivity index (χ1) is 26.5. The number of hydrogen-bond donors (Lipinski definition) is 0. The Hall–Kier alpha value is -6.44. The fourth-order valence-corrected chi connectivity index (χ4v) is 9.57. The lowest BCUT2D eigenvalue weighted by Crippen LogP contribution is -2.28. The molecule has 2 aliphatic rings. The molecule has 2 aliphatic carbocycles. The molecule has 0 saturated heterocycles. The molecule has 0 aromatic heterocycles. The summed E-state index contributed by atoms with van der Waals surface area (Å²) in [5.41, 5.74) is 19.8. The van der Waals surface area contributed by atoms with Crippen LogP contribution in [0.4, 0.5) is 17.1 Å². The molecule has 0 bridgehead atoms. The number of rotatable bonds is 6. The van der Waals surface area contributed by atoms with Gasteiger partial charge in [0.1, 0.15) is 0 Å². The van der Waals surface area contributed by atoms with Gasteiger partial charge in [0.2, 0.25) is 0 Å². The number of fused-ring (bicyclic) bond motifs is 6. The molecule has 0 radical (unpaired) electrons. The van der Waals surface area contributed by atoms with Crippen molar-refractivity contribution in [2.75, 3.05) is 4.90 Å². The summed E-state index contributed by atoms with van der Waals surface area (Å²) in [5, 5.41) is 0. The second-order valence-electron chi connectivity index (χ2n) is 15.4. The van der Waals surface area contributed by atoms with Crippen LogP contribution in [0.1, 0.15) is 52.8 Å². The zero-order valence-electron chi connectivity index (χ0n) is 30.9. The van der Waals surface area contributed by atoms with Crippen LogP contribution in [0.5, 0.6) is 0 Å². The van der Waals surface area contributed by atoms with Crippen molar-refractivity contribution in [3.63, 3.8) is 0 Å². The zero-order valence-corrected chi connectivity index (χ0v) is 30.9. The fourth-order valence-electron chi connectivity index (χ4n) is 9.57. The van der Waals surface area contributed by atoms with Crippen molar-refractivity contribution in [1.82, 2.24) is 0 Å². The quantitative estimate of drug-likeness (QED) is 0.168. The van der Waals surface area contributed by atoms with Crippen molar-refractivity contribution in [3.8, 4) is 33.4 Å². The first kappa shape index (κ1) is 32.2. The minimum absolute atomic E-state index is 0.119. The zero-order chi connectivity index (χ0) is 36.4. The summed E-state index contributed by atoms with van der Waals surface area (Å²) in [5.74, 6) is 0. The molecule has 0 atom stereocenters. The van der Waals surface area contributed by atoms with Gasteiger partial charge in [-0.1, -0.05) is 172 Å². The van der Waals surface area contributed by atoms with Crippen LogP contribution in [0.25, 0.3) is 33.4 Å². The molecule has 54 heavy (non-hydrogen) atoms. The topological polar surface area (TPSA) is 3.24 Å². The second kappa shape index (κ2) is 12.3. The van der Waals surface area contributed by atoms with Gasteiger partial charge in [-0.15, -0.1) is 0 Å². The van der Waals surface area contributed by atoms with Gasteiger partial charge >= 0.3 is 0 Å². The summed E-state index contributed by atoms with van der Waals surface area (Å²) in [7, 11) is 0. The third-order valence-electron chi connectivity index (χ3n) is 12.1. The number of benzene rings is 8. The van der Waals surface area contributed by atoms with E-state index in [1.807, 2.05) is 0 Å². The van der Waals surface area contributed by atoms with Crippen molar-refractivity contribution in [3.05, 3.63) is 233 Å². The molecule has 0 fully saturated rings. The summed E-state index contributed by atoms with van der Waals surface area (Å²) in [6, 6.07) is 71.9. The van der Waals surface area contributed by atoms with Crippen molar-refractivity contribution in [2.24, 2.45) is 0 Å². The van der Waals surface area contributed by atoms with Crippen molar-refractivity contribution >= 4 is 17.1 Å². The molecule has 8 aromatic carbocycles. The van der Waals surface area contributed by atoms with Crippen molar-refractivity contribution in [1.29, 1.82) is 0 Å². The number of anilines is 3. The average Bonchev–Trinajstić information content (AvgIpc) is 3.65. The number of aryl methyl sites for hydroxylation is 1. The predicted molar refractivity (Wildman–Crippen MR) is 226 cm³/mol. The lowest BCUT2D eigenvalue weighted by atomic mass is 9.67. The predicted octanol–water partition coefficient (Wildman–Crippen LogP) is 13.8. The smallest absolute Gasteiger partial charge is 0.0714 e. The van der Waals surface area contributed by atoms with E-state index in [0.29, 0.717) is 0 Å². The lowest BCUT2D eigenvalue weighted by Gasteiger charge is -2.35. The van der Waals surface area contributed by atoms with Crippen LogP contribution in [0.15, 0.2) is 194 Å². The van der Waals surface area contributed by atoms with Crippen LogP contribution in [0.2, 0.25) is 0 Å². The molecular formula is C53H41N. The third-order valence-corrected chi connectivity index (χ3v) is 12.1. The molecule has 0 unspecified atom stereocenters. The Balaban J connectivity index is 1.20. The molecule has 10 rings (SSSR count). The minimum Gasteiger partial charge on any atom is -0.310 e. The maximum atomic E-state index is 2.45. The Kier molecular flexibility index (Phi) is 7.35. The highest BCUT2D eigenvalue weighted by atomic mass is 15.1. The van der Waals surface area contributed by atoms with Gasteiger partial charge < -0.3 is 4.90 Å². The van der Waals surface area contributed by atoms with Gasteiger partial charge in [0, 0.05) is 22.5 Å². The summed E-state index contributed by atoms with van der Waals surface area (Å²) in [6.07, 6.45) is 0. The normalized spacial score (nSPS) is 14.1. The molecule has 0 saturated carbocycles. The third kappa shape index (κ3) is 4.71. The van der Waals surface area contributed by atoms with E-state index >= 15 is 0 Å². The van der Waals surface area contributed by atoms with Crippen molar-refractivity contribution in [2.45, 2.75) is 31.6 Å². The molecule has 0 heterocycles. The first-order valence-electron chi connectivity index (χ1n) is 19.0. The average molecular weight is 692 g/mol. The molecule has 0 N–H and O–H groups in total. The molecule has 1 nitrogen and oxygen atoms in total. The van der Waals surface area contributed by atoms with Gasteiger partial charge in [-0.3, -0.25) is 0 Å². The standard InChI is InChI=1S/C53H41N/c1-36-16-14-27-49-51(36)46-33-32-43(35-50(46)52(49,2)3)54(41-30-28-38(29-31-41)37-17-6-4-7-18-37)42-22-15-21-40(34-42)53(39-19-8-5-9-20-39)47-25-12-10-23-44(47)45-24-11-13-26-48(45)53/h4-35H,1-3H3. The Bertz CT molecular complexity index is 2640. The van der Waals surface area contributed by atoms with Gasteiger partial charge in [0.05, 0.1) is 5.41 Å². The van der Waals surface area contributed by atoms with Crippen LogP contribution >= 0.6 is 0 Å². The first-order valence-corrected chi connectivity index (χ1v) is 19.0. The van der Waals surface area contributed by atoms with Gasteiger partial charge in [-0.2, -0.15) is 0 Å². The highest BCUT2D eigenvalue weighted by Crippen LogP contribution is 2.57. The molecular weight excluding hydrogens is 651 g/mol. The van der Waals surface area contributed by atoms with E-state index in [0.717, 1.165) is 17.1 Å². The van der Waals surface area contributed by atoms with E-state index in [1.54, 1.807) is 0 Å². The Morgan fingerprint density at radius 1 is 0.370 bits per heavy atom. The molecule has 258 valence electrons. The maximum Gasteiger partial charge on any atom is 0.0714 e. The van der Waals surface area contributed by atoms with E-state index in [4.69, 9.17) is 0 Å². The van der Waals surface area contributed by atoms with E-state index in [1.165, 1.54) is 72.3 Å². The van der Waals surface area contributed by atoms with E-state index in [2.05, 4.69) is 220 Å². The van der Waals surface area contributed by atoms with E-state index < -0.39 is 5.41 Å². The molecule has 0 spiro atoms. The summed E-state index contributed by atoms with van der Waals surface area (Å²) in [6.45, 7) is 6.99. The Labute approximate surface area is 318 Å². The molecule has 0 amide bonds. The van der Waals surface area contributed by atoms with Gasteiger partial charge in [-0.05, 0) is 116 Å². The highest BCUT2D eigenvalue weighted by Gasteiger charge is 2.46. The van der Waals surface area contributed by atoms with E-state index in [-0.39, 0.29) is 5.41 Å². The van der Waals surface area contributed by atoms with Crippen LogP contribution in [-0.4, -0.2) is 0 Å². The van der Waals surface area contributed by atoms with E-state index in [9.17, 15) is 0 Å². The number of hydrogen-bond acceptors (Lipinski definition) is 1. The largest absolute Gasteiger partial charge is 0.310 e. The van der Waals surface area contributed by atoms with Gasteiger partial charge in [-0.25, -0.2) is 0 Å². The van der Waals surface area contributed by atoms with Crippen LogP contribution in [0, 0.1) is 6.92 Å². The molecule has 0 aliphatic heterocycles. The number of nitrogens with zero attached hydrogens (tertiary/aromatic N) is 1. The Morgan fingerprint density at radius 2 is 0.907 bits per heavy atom. The monoisotopic (exact) mass is 691 g/mol. The Morgan fingerprint density at radius 3 is 1.61 bits per heavy atom. The van der Waals surface area contributed by atoms with Gasteiger partial charge in [0.15, 0.2) is 0 Å². The maximum absolute atomic E-state index is 2.45. The molecule has 8 aromatic rings. The summed E-state index contributed by atoms with van der Waals surface area (Å²) in [4.78, 5) is 2.45. The summed E-state index contributed by atoms with van der Waals surface area (Å²) < 4.78 is 0. The SMILES string of the molecule is Cc1cccc2c1-c1ccc(N(c3ccc(-c4ccccc4)cc3)c3cccc(C4(c5ccccc5)c5ccccc5-c5ccccc54)c3)cc1C2(C)C. The van der Waals surface area contributed by atoms with Crippen LogP contribution in [0.3, 0.4) is 0 Å². The van der Waals surface area contributed by atoms with Gasteiger partial charge in [0.25, 0.3) is 0 Å².